The Morgan fingerprint density at radius 1 is 1.24 bits per heavy atom. The van der Waals surface area contributed by atoms with Gasteiger partial charge >= 0.3 is 0 Å². The number of piperidine rings is 1. The highest BCUT2D eigenvalue weighted by atomic mass is 16.2. The van der Waals surface area contributed by atoms with E-state index >= 15 is 0 Å². The Hall–Kier alpha value is -1.65. The smallest absolute Gasteiger partial charge is 0.225 e. The van der Waals surface area contributed by atoms with Crippen molar-refractivity contribution >= 4 is 11.7 Å². The average Bonchev–Trinajstić information content (AvgIpc) is 2.55. The van der Waals surface area contributed by atoms with E-state index in [1.807, 2.05) is 4.90 Å². The lowest BCUT2D eigenvalue weighted by atomic mass is 9.95. The molecule has 21 heavy (non-hydrogen) atoms. The van der Waals surface area contributed by atoms with Crippen molar-refractivity contribution < 1.29 is 4.79 Å². The second kappa shape index (κ2) is 7.96. The molecule has 0 radical (unpaired) electrons. The summed E-state index contributed by atoms with van der Waals surface area (Å²) in [5, 5.41) is 0. The second-order valence-electron chi connectivity index (χ2n) is 5.65. The SMILES string of the molecule is CCCN(CCC)C(=O)C1CCN(c2cnccn2)CC1. The van der Waals surface area contributed by atoms with Crippen LogP contribution in [0.1, 0.15) is 39.5 Å². The Labute approximate surface area is 127 Å². The number of aromatic nitrogens is 2. The van der Waals surface area contributed by atoms with Crippen LogP contribution < -0.4 is 4.90 Å². The number of amides is 1. The van der Waals surface area contributed by atoms with Gasteiger partial charge in [-0.15, -0.1) is 0 Å². The normalized spacial score (nSPS) is 16.0. The number of carbonyl (C=O) groups excluding carboxylic acids is 1. The Balaban J connectivity index is 1.89. The van der Waals surface area contributed by atoms with Crippen molar-refractivity contribution in [2.45, 2.75) is 39.5 Å². The van der Waals surface area contributed by atoms with E-state index in [-0.39, 0.29) is 5.92 Å². The number of nitrogens with zero attached hydrogens (tertiary/aromatic N) is 4. The molecule has 2 rings (SSSR count). The summed E-state index contributed by atoms with van der Waals surface area (Å²) in [5.74, 6) is 1.44. The average molecular weight is 290 g/mol. The van der Waals surface area contributed by atoms with Crippen molar-refractivity contribution in [1.29, 1.82) is 0 Å². The maximum Gasteiger partial charge on any atom is 0.225 e. The molecule has 2 heterocycles. The number of carbonyl (C=O) groups is 1. The fourth-order valence-electron chi connectivity index (χ4n) is 2.94. The minimum Gasteiger partial charge on any atom is -0.355 e. The molecule has 1 aromatic heterocycles. The van der Waals surface area contributed by atoms with Crippen LogP contribution in [0.3, 0.4) is 0 Å². The summed E-state index contributed by atoms with van der Waals surface area (Å²) >= 11 is 0. The van der Waals surface area contributed by atoms with E-state index in [0.717, 1.165) is 57.7 Å². The highest BCUT2D eigenvalue weighted by molar-refractivity contribution is 5.79. The number of hydrogen-bond donors (Lipinski definition) is 0. The van der Waals surface area contributed by atoms with Gasteiger partial charge in [-0.05, 0) is 25.7 Å². The lowest BCUT2D eigenvalue weighted by Crippen LogP contribution is -2.43. The highest BCUT2D eigenvalue weighted by Gasteiger charge is 2.28. The molecule has 0 N–H and O–H groups in total. The molecule has 1 aliphatic heterocycles. The van der Waals surface area contributed by atoms with Crippen LogP contribution >= 0.6 is 0 Å². The Morgan fingerprint density at radius 2 is 1.90 bits per heavy atom. The van der Waals surface area contributed by atoms with Crippen LogP contribution in [-0.4, -0.2) is 47.0 Å². The molecule has 0 unspecified atom stereocenters. The van der Waals surface area contributed by atoms with Crippen LogP contribution in [0.4, 0.5) is 5.82 Å². The van der Waals surface area contributed by atoms with Crippen LogP contribution in [0.2, 0.25) is 0 Å². The van der Waals surface area contributed by atoms with E-state index in [4.69, 9.17) is 0 Å². The van der Waals surface area contributed by atoms with E-state index in [2.05, 4.69) is 28.7 Å². The van der Waals surface area contributed by atoms with E-state index in [1.54, 1.807) is 18.6 Å². The zero-order valence-corrected chi connectivity index (χ0v) is 13.2. The number of hydrogen-bond acceptors (Lipinski definition) is 4. The summed E-state index contributed by atoms with van der Waals surface area (Å²) < 4.78 is 0. The molecule has 0 aromatic carbocycles. The minimum atomic E-state index is 0.177. The molecule has 5 heteroatoms. The molecule has 1 amide bonds. The summed E-state index contributed by atoms with van der Waals surface area (Å²) in [6.45, 7) is 7.82. The summed E-state index contributed by atoms with van der Waals surface area (Å²) in [5.41, 5.74) is 0. The van der Waals surface area contributed by atoms with E-state index in [0.29, 0.717) is 5.91 Å². The van der Waals surface area contributed by atoms with E-state index in [1.165, 1.54) is 0 Å². The number of rotatable bonds is 6. The predicted octanol–water partition coefficient (Wildman–Crippen LogP) is 2.34. The van der Waals surface area contributed by atoms with Gasteiger partial charge < -0.3 is 9.80 Å². The summed E-state index contributed by atoms with van der Waals surface area (Å²) in [6.07, 6.45) is 9.10. The quantitative estimate of drug-likeness (QED) is 0.807. The zero-order valence-electron chi connectivity index (χ0n) is 13.2. The molecular formula is C16H26N4O. The molecule has 1 saturated heterocycles. The maximum absolute atomic E-state index is 12.6. The third-order valence-corrected chi connectivity index (χ3v) is 4.02. The van der Waals surface area contributed by atoms with Crippen LogP contribution in [0.25, 0.3) is 0 Å². The van der Waals surface area contributed by atoms with Gasteiger partial charge in [0.15, 0.2) is 0 Å². The van der Waals surface area contributed by atoms with Crippen molar-refractivity contribution in [2.24, 2.45) is 5.92 Å². The second-order valence-corrected chi connectivity index (χ2v) is 5.65. The van der Waals surface area contributed by atoms with Crippen LogP contribution in [0, 0.1) is 5.92 Å². The molecule has 0 bridgehead atoms. The van der Waals surface area contributed by atoms with Gasteiger partial charge in [0.2, 0.25) is 5.91 Å². The van der Waals surface area contributed by atoms with E-state index in [9.17, 15) is 4.79 Å². The zero-order chi connectivity index (χ0) is 15.1. The first-order valence-electron chi connectivity index (χ1n) is 8.06. The van der Waals surface area contributed by atoms with Crippen molar-refractivity contribution in [2.75, 3.05) is 31.1 Å². The fraction of sp³-hybridized carbons (Fsp3) is 0.688. The van der Waals surface area contributed by atoms with Gasteiger partial charge in [-0.25, -0.2) is 4.98 Å². The predicted molar refractivity (Wildman–Crippen MR) is 84.1 cm³/mol. The van der Waals surface area contributed by atoms with Gasteiger partial charge in [0, 0.05) is 44.5 Å². The highest BCUT2D eigenvalue weighted by Crippen LogP contribution is 2.23. The summed E-state index contributed by atoms with van der Waals surface area (Å²) in [6, 6.07) is 0. The third kappa shape index (κ3) is 4.16. The lowest BCUT2D eigenvalue weighted by molar-refractivity contribution is -0.136. The Bertz CT molecular complexity index is 423. The van der Waals surface area contributed by atoms with E-state index < -0.39 is 0 Å². The standard InChI is InChI=1S/C16H26N4O/c1-3-9-20(10-4-2)16(21)14-5-11-19(12-6-14)15-13-17-7-8-18-15/h7-8,13-14H,3-6,9-12H2,1-2H3. The molecule has 5 nitrogen and oxygen atoms in total. The molecule has 1 aromatic rings. The van der Waals surface area contributed by atoms with Gasteiger partial charge in [0.05, 0.1) is 6.20 Å². The lowest BCUT2D eigenvalue weighted by Gasteiger charge is -2.34. The van der Waals surface area contributed by atoms with Crippen molar-refractivity contribution in [3.63, 3.8) is 0 Å². The largest absolute Gasteiger partial charge is 0.355 e. The Kier molecular flexibility index (Phi) is 5.96. The fourth-order valence-corrected chi connectivity index (χ4v) is 2.94. The van der Waals surface area contributed by atoms with Crippen molar-refractivity contribution in [3.8, 4) is 0 Å². The first-order chi connectivity index (χ1) is 10.3. The maximum atomic E-state index is 12.6. The summed E-state index contributed by atoms with van der Waals surface area (Å²) in [4.78, 5) is 25.3. The van der Waals surface area contributed by atoms with Crippen LogP contribution in [0.15, 0.2) is 18.6 Å². The first kappa shape index (κ1) is 15.7. The Morgan fingerprint density at radius 3 is 2.43 bits per heavy atom. The van der Waals surface area contributed by atoms with Gasteiger partial charge in [0.1, 0.15) is 5.82 Å². The molecule has 0 atom stereocenters. The van der Waals surface area contributed by atoms with Gasteiger partial charge in [-0.3, -0.25) is 9.78 Å². The molecule has 1 fully saturated rings. The van der Waals surface area contributed by atoms with Gasteiger partial charge in [-0.2, -0.15) is 0 Å². The molecule has 0 spiro atoms. The molecule has 0 saturated carbocycles. The van der Waals surface area contributed by atoms with Crippen molar-refractivity contribution in [1.82, 2.24) is 14.9 Å². The van der Waals surface area contributed by atoms with Crippen LogP contribution in [-0.2, 0) is 4.79 Å². The third-order valence-electron chi connectivity index (χ3n) is 4.02. The number of anilines is 1. The monoisotopic (exact) mass is 290 g/mol. The first-order valence-corrected chi connectivity index (χ1v) is 8.06. The van der Waals surface area contributed by atoms with Crippen molar-refractivity contribution in [3.05, 3.63) is 18.6 Å². The van der Waals surface area contributed by atoms with Crippen LogP contribution in [0.5, 0.6) is 0 Å². The van der Waals surface area contributed by atoms with Gasteiger partial charge in [0.25, 0.3) is 0 Å². The molecular weight excluding hydrogens is 264 g/mol. The minimum absolute atomic E-state index is 0.177. The topological polar surface area (TPSA) is 49.3 Å². The summed E-state index contributed by atoms with van der Waals surface area (Å²) in [7, 11) is 0. The molecule has 1 aliphatic rings. The molecule has 0 aliphatic carbocycles. The van der Waals surface area contributed by atoms with Gasteiger partial charge in [-0.1, -0.05) is 13.8 Å². The molecule has 116 valence electrons.